The number of benzene rings is 3. The first-order valence-corrected chi connectivity index (χ1v) is 17.3. The summed E-state index contributed by atoms with van der Waals surface area (Å²) in [5.74, 6) is 0.462. The number of rotatable bonds is 17. The van der Waals surface area contributed by atoms with Crippen LogP contribution in [0, 0.1) is 25.2 Å². The van der Waals surface area contributed by atoms with Crippen LogP contribution in [0.4, 0.5) is 0 Å². The van der Waals surface area contributed by atoms with E-state index in [1.54, 1.807) is 24.4 Å². The summed E-state index contributed by atoms with van der Waals surface area (Å²) in [5, 5.41) is 31.3. The minimum absolute atomic E-state index is 0.0561. The highest BCUT2D eigenvalue weighted by Gasteiger charge is 2.19. The third-order valence-corrected chi connectivity index (χ3v) is 9.13. The quantitative estimate of drug-likeness (QED) is 0.116. The first kappa shape index (κ1) is 37.6. The number of nitriles is 1. The number of aliphatic carboxylic acids is 1. The van der Waals surface area contributed by atoms with Gasteiger partial charge in [0.05, 0.1) is 37.0 Å². The van der Waals surface area contributed by atoms with Crippen molar-refractivity contribution in [1.29, 1.82) is 5.26 Å². The second-order valence-corrected chi connectivity index (χ2v) is 12.7. The van der Waals surface area contributed by atoms with Crippen LogP contribution in [-0.4, -0.2) is 78.2 Å². The fourth-order valence-corrected chi connectivity index (χ4v) is 6.10. The van der Waals surface area contributed by atoms with Crippen molar-refractivity contribution < 1.29 is 34.0 Å². The molecule has 0 spiro atoms. The van der Waals surface area contributed by atoms with E-state index in [2.05, 4.69) is 47.3 Å². The number of pyridine rings is 1. The highest BCUT2D eigenvalue weighted by molar-refractivity contribution is 6.32. The van der Waals surface area contributed by atoms with Crippen LogP contribution in [0.15, 0.2) is 67.0 Å². The van der Waals surface area contributed by atoms with E-state index in [0.717, 1.165) is 72.8 Å². The molecule has 268 valence electrons. The Morgan fingerprint density at radius 3 is 2.47 bits per heavy atom. The van der Waals surface area contributed by atoms with E-state index in [-0.39, 0.29) is 19.8 Å². The van der Waals surface area contributed by atoms with Gasteiger partial charge in [-0.3, -0.25) is 20.0 Å². The van der Waals surface area contributed by atoms with Crippen molar-refractivity contribution in [1.82, 2.24) is 15.2 Å². The normalized spacial score (nSPS) is 13.7. The molecule has 3 aromatic carbocycles. The maximum atomic E-state index is 11.5. The summed E-state index contributed by atoms with van der Waals surface area (Å²) in [6.45, 7) is 9.09. The molecule has 4 aromatic rings. The molecular weight excluding hydrogens is 672 g/mol. The minimum atomic E-state index is -1.18. The van der Waals surface area contributed by atoms with Gasteiger partial charge < -0.3 is 29.2 Å². The summed E-state index contributed by atoms with van der Waals surface area (Å²) in [4.78, 5) is 18.0. The van der Waals surface area contributed by atoms with E-state index in [1.807, 2.05) is 24.3 Å². The fraction of sp³-hybridized carbons (Fsp3) is 0.359. The molecule has 0 amide bonds. The van der Waals surface area contributed by atoms with Gasteiger partial charge in [0.25, 0.3) is 0 Å². The number of carboxylic acids is 1. The molecular formula is C39H43ClN4O7. The lowest BCUT2D eigenvalue weighted by atomic mass is 9.93. The van der Waals surface area contributed by atoms with Gasteiger partial charge in [0.1, 0.15) is 42.6 Å². The standard InChI is InChI=1S/C39H43ClN4O7/c1-26-30(6-3-7-32(26)33-8-4-9-36(27(33)2)49-13-5-10-44-11-14-48-15-12-44)25-51-38-18-37(50-24-29-16-28(19-41)20-42-21-29)31(17-34(38)40)22-43-35(23-45)39(46)47/h3-4,6-9,16-18,20-21,35,43,45H,5,10-15,22-25H2,1-2H3,(H,46,47). The topological polar surface area (TPSA) is 146 Å². The fourth-order valence-electron chi connectivity index (χ4n) is 5.86. The molecule has 0 aliphatic carbocycles. The Morgan fingerprint density at radius 2 is 1.73 bits per heavy atom. The number of halogens is 1. The number of hydrogen-bond acceptors (Lipinski definition) is 10. The van der Waals surface area contributed by atoms with Crippen LogP contribution in [-0.2, 0) is 29.3 Å². The molecule has 51 heavy (non-hydrogen) atoms. The van der Waals surface area contributed by atoms with E-state index < -0.39 is 18.6 Å². The first-order chi connectivity index (χ1) is 24.8. The number of aliphatic hydroxyl groups is 1. The molecule has 1 saturated heterocycles. The van der Waals surface area contributed by atoms with Gasteiger partial charge in [-0.05, 0) is 66.3 Å². The lowest BCUT2D eigenvalue weighted by Gasteiger charge is -2.26. The smallest absolute Gasteiger partial charge is 0.323 e. The Morgan fingerprint density at radius 1 is 0.980 bits per heavy atom. The summed E-state index contributed by atoms with van der Waals surface area (Å²) in [7, 11) is 0. The number of carboxylic acid groups (broad SMARTS) is 1. The van der Waals surface area contributed by atoms with Crippen LogP contribution in [0.25, 0.3) is 11.1 Å². The summed E-state index contributed by atoms with van der Waals surface area (Å²) in [6, 6.07) is 18.1. The third-order valence-electron chi connectivity index (χ3n) is 8.84. The number of nitrogens with one attached hydrogen (secondary N) is 1. The number of aromatic nitrogens is 1. The summed E-state index contributed by atoms with van der Waals surface area (Å²) >= 11 is 6.70. The van der Waals surface area contributed by atoms with E-state index in [1.165, 1.54) is 6.20 Å². The Balaban J connectivity index is 1.30. The van der Waals surface area contributed by atoms with Gasteiger partial charge in [0.2, 0.25) is 0 Å². The van der Waals surface area contributed by atoms with Crippen LogP contribution < -0.4 is 19.5 Å². The zero-order chi connectivity index (χ0) is 36.2. The molecule has 2 heterocycles. The van der Waals surface area contributed by atoms with Crippen LogP contribution in [0.1, 0.15) is 39.8 Å². The number of hydrogen-bond donors (Lipinski definition) is 3. The molecule has 1 aromatic heterocycles. The van der Waals surface area contributed by atoms with Gasteiger partial charge in [-0.2, -0.15) is 5.26 Å². The number of carbonyl (C=O) groups is 1. The summed E-state index contributed by atoms with van der Waals surface area (Å²) in [5.41, 5.74) is 6.91. The van der Waals surface area contributed by atoms with Crippen LogP contribution >= 0.6 is 11.6 Å². The number of aliphatic hydroxyl groups excluding tert-OH is 1. The number of morpholine rings is 1. The van der Waals surface area contributed by atoms with Crippen molar-refractivity contribution in [2.24, 2.45) is 0 Å². The van der Waals surface area contributed by atoms with Crippen molar-refractivity contribution in [3.8, 4) is 34.4 Å². The van der Waals surface area contributed by atoms with Crippen molar-refractivity contribution in [3.63, 3.8) is 0 Å². The van der Waals surface area contributed by atoms with Gasteiger partial charge in [-0.1, -0.05) is 41.9 Å². The van der Waals surface area contributed by atoms with Crippen molar-refractivity contribution in [2.45, 2.75) is 46.1 Å². The molecule has 12 heteroatoms. The average Bonchev–Trinajstić information content (AvgIpc) is 3.14. The Labute approximate surface area is 303 Å². The second-order valence-electron chi connectivity index (χ2n) is 12.3. The molecule has 1 unspecified atom stereocenters. The monoisotopic (exact) mass is 714 g/mol. The number of nitrogens with zero attached hydrogens (tertiary/aromatic N) is 3. The molecule has 5 rings (SSSR count). The Hall–Kier alpha value is -4.70. The van der Waals surface area contributed by atoms with E-state index in [0.29, 0.717) is 39.8 Å². The maximum Gasteiger partial charge on any atom is 0.323 e. The van der Waals surface area contributed by atoms with Gasteiger partial charge in [-0.25, -0.2) is 0 Å². The molecule has 1 aliphatic rings. The van der Waals surface area contributed by atoms with Crippen molar-refractivity contribution >= 4 is 17.6 Å². The Kier molecular flexibility index (Phi) is 13.6. The van der Waals surface area contributed by atoms with Crippen molar-refractivity contribution in [3.05, 3.63) is 105 Å². The predicted molar refractivity (Wildman–Crippen MR) is 193 cm³/mol. The molecule has 0 saturated carbocycles. The average molecular weight is 715 g/mol. The Bertz CT molecular complexity index is 1840. The van der Waals surface area contributed by atoms with E-state index in [9.17, 15) is 20.3 Å². The lowest BCUT2D eigenvalue weighted by molar-refractivity contribution is -0.140. The predicted octanol–water partition coefficient (Wildman–Crippen LogP) is 5.68. The highest BCUT2D eigenvalue weighted by Crippen LogP contribution is 2.36. The molecule has 1 aliphatic heterocycles. The highest BCUT2D eigenvalue weighted by atomic mass is 35.5. The summed E-state index contributed by atoms with van der Waals surface area (Å²) in [6.07, 6.45) is 4.01. The zero-order valence-electron chi connectivity index (χ0n) is 28.9. The lowest BCUT2D eigenvalue weighted by Crippen LogP contribution is -2.39. The molecule has 11 nitrogen and oxygen atoms in total. The third kappa shape index (κ3) is 10.2. The summed E-state index contributed by atoms with van der Waals surface area (Å²) < 4.78 is 24.1. The van der Waals surface area contributed by atoms with Gasteiger partial charge >= 0.3 is 5.97 Å². The number of ether oxygens (including phenoxy) is 4. The van der Waals surface area contributed by atoms with Gasteiger partial charge in [0, 0.05) is 55.8 Å². The van der Waals surface area contributed by atoms with Crippen molar-refractivity contribution in [2.75, 3.05) is 46.1 Å². The van der Waals surface area contributed by atoms with Gasteiger partial charge in [0.15, 0.2) is 0 Å². The maximum absolute atomic E-state index is 11.5. The zero-order valence-corrected chi connectivity index (χ0v) is 29.6. The van der Waals surface area contributed by atoms with E-state index >= 15 is 0 Å². The van der Waals surface area contributed by atoms with E-state index in [4.69, 9.17) is 30.5 Å². The molecule has 0 bridgehead atoms. The van der Waals surface area contributed by atoms with Crippen LogP contribution in [0.3, 0.4) is 0 Å². The first-order valence-electron chi connectivity index (χ1n) is 16.9. The second kappa shape index (κ2) is 18.5. The molecule has 1 fully saturated rings. The SMILES string of the molecule is Cc1c(COc2cc(OCc3cncc(C#N)c3)c(CNC(CO)C(=O)O)cc2Cl)cccc1-c1cccc(OCCCN2CCOCC2)c1C. The molecule has 3 N–H and O–H groups in total. The van der Waals surface area contributed by atoms with Crippen LogP contribution in [0.5, 0.6) is 17.2 Å². The molecule has 1 atom stereocenters. The van der Waals surface area contributed by atoms with Crippen LogP contribution in [0.2, 0.25) is 5.02 Å². The largest absolute Gasteiger partial charge is 0.493 e. The van der Waals surface area contributed by atoms with Gasteiger partial charge in [-0.15, -0.1) is 0 Å². The molecule has 0 radical (unpaired) electrons. The minimum Gasteiger partial charge on any atom is -0.493 e.